The van der Waals surface area contributed by atoms with Gasteiger partial charge in [0.05, 0.1) is 0 Å². The molecule has 2 rings (SSSR count). The molecule has 0 unspecified atom stereocenters. The van der Waals surface area contributed by atoms with Gasteiger partial charge >= 0.3 is 0 Å². The maximum Gasteiger partial charge on any atom is -0.00461 e. The molecule has 2 heteroatoms. The van der Waals surface area contributed by atoms with Crippen molar-refractivity contribution < 1.29 is 0 Å². The first kappa shape index (κ1) is 16.3. The fourth-order valence-electron chi connectivity index (χ4n) is 4.92. The molecule has 0 aromatic heterocycles. The summed E-state index contributed by atoms with van der Waals surface area (Å²) in [6.07, 6.45) is 8.32. The summed E-state index contributed by atoms with van der Waals surface area (Å²) in [7, 11) is 0. The molecule has 2 fully saturated rings. The summed E-state index contributed by atoms with van der Waals surface area (Å²) in [4.78, 5) is 0. The molecule has 0 bridgehead atoms. The summed E-state index contributed by atoms with van der Waals surface area (Å²) in [5, 5.41) is 7.00. The van der Waals surface area contributed by atoms with Crippen LogP contribution in [0.15, 0.2) is 0 Å². The quantitative estimate of drug-likeness (QED) is 0.800. The van der Waals surface area contributed by atoms with E-state index in [0.29, 0.717) is 10.8 Å². The van der Waals surface area contributed by atoms with Crippen molar-refractivity contribution in [2.45, 2.75) is 66.2 Å². The molecule has 0 amide bonds. The smallest absolute Gasteiger partial charge is 0.00461 e. The van der Waals surface area contributed by atoms with Gasteiger partial charge in [0.15, 0.2) is 0 Å². The van der Waals surface area contributed by atoms with E-state index < -0.39 is 0 Å². The van der Waals surface area contributed by atoms with Crippen LogP contribution in [0.3, 0.4) is 0 Å². The normalized spacial score (nSPS) is 24.0. The molecule has 0 aliphatic carbocycles. The highest BCUT2D eigenvalue weighted by Gasteiger charge is 2.36. The predicted molar refractivity (Wildman–Crippen MR) is 88.0 cm³/mol. The van der Waals surface area contributed by atoms with Gasteiger partial charge in [0.1, 0.15) is 0 Å². The van der Waals surface area contributed by atoms with Gasteiger partial charge < -0.3 is 10.6 Å². The van der Waals surface area contributed by atoms with Crippen molar-refractivity contribution in [1.29, 1.82) is 0 Å². The van der Waals surface area contributed by atoms with Crippen LogP contribution in [0.1, 0.15) is 66.2 Å². The van der Waals surface area contributed by atoms with E-state index in [-0.39, 0.29) is 0 Å². The molecule has 0 radical (unpaired) electrons. The Morgan fingerprint density at radius 3 is 1.85 bits per heavy atom. The molecular weight excluding hydrogens is 244 g/mol. The van der Waals surface area contributed by atoms with E-state index in [0.717, 1.165) is 11.8 Å². The van der Waals surface area contributed by atoms with Crippen LogP contribution >= 0.6 is 0 Å². The fraction of sp³-hybridized carbons (Fsp3) is 1.00. The molecule has 0 aromatic carbocycles. The van der Waals surface area contributed by atoms with Gasteiger partial charge in [-0.3, -0.25) is 0 Å². The van der Waals surface area contributed by atoms with Crippen molar-refractivity contribution in [1.82, 2.24) is 10.6 Å². The van der Waals surface area contributed by atoms with E-state index in [9.17, 15) is 0 Å². The van der Waals surface area contributed by atoms with Gasteiger partial charge in [-0.2, -0.15) is 0 Å². The molecule has 2 nitrogen and oxygen atoms in total. The van der Waals surface area contributed by atoms with Crippen molar-refractivity contribution in [3.63, 3.8) is 0 Å². The molecule has 2 N–H and O–H groups in total. The Morgan fingerprint density at radius 2 is 1.30 bits per heavy atom. The monoisotopic (exact) mass is 280 g/mol. The lowest BCUT2D eigenvalue weighted by Crippen LogP contribution is -2.39. The van der Waals surface area contributed by atoms with Crippen molar-refractivity contribution in [3.8, 4) is 0 Å². The third-order valence-electron chi connectivity index (χ3n) is 5.68. The van der Waals surface area contributed by atoms with Crippen LogP contribution < -0.4 is 10.6 Å². The van der Waals surface area contributed by atoms with Crippen LogP contribution in [0.25, 0.3) is 0 Å². The Labute approximate surface area is 126 Å². The number of hydrogen-bond acceptors (Lipinski definition) is 2. The topological polar surface area (TPSA) is 24.1 Å². The second-order valence-corrected chi connectivity index (χ2v) is 8.75. The molecule has 0 aromatic rings. The molecule has 0 saturated carbocycles. The second kappa shape index (κ2) is 6.79. The van der Waals surface area contributed by atoms with Gasteiger partial charge in [0.2, 0.25) is 0 Å². The largest absolute Gasteiger partial charge is 0.317 e. The Hall–Kier alpha value is -0.0800. The van der Waals surface area contributed by atoms with Gasteiger partial charge in [-0.05, 0) is 87.4 Å². The minimum absolute atomic E-state index is 0.496. The van der Waals surface area contributed by atoms with Crippen molar-refractivity contribution in [2.24, 2.45) is 22.7 Å². The second-order valence-electron chi connectivity index (χ2n) is 8.75. The highest BCUT2D eigenvalue weighted by Crippen LogP contribution is 2.45. The lowest BCUT2D eigenvalue weighted by Gasteiger charge is -2.43. The summed E-state index contributed by atoms with van der Waals surface area (Å²) in [5.41, 5.74) is 0.995. The molecule has 20 heavy (non-hydrogen) atoms. The third-order valence-corrected chi connectivity index (χ3v) is 5.68. The molecular formula is C18H36N2. The van der Waals surface area contributed by atoms with Crippen LogP contribution in [-0.2, 0) is 0 Å². The molecule has 2 saturated heterocycles. The van der Waals surface area contributed by atoms with E-state index in [1.165, 1.54) is 64.7 Å². The average Bonchev–Trinajstić information content (AvgIpc) is 2.39. The van der Waals surface area contributed by atoms with E-state index >= 15 is 0 Å². The summed E-state index contributed by atoms with van der Waals surface area (Å²) in [6.45, 7) is 15.0. The van der Waals surface area contributed by atoms with E-state index in [2.05, 4.69) is 38.3 Å². The van der Waals surface area contributed by atoms with Crippen molar-refractivity contribution >= 4 is 0 Å². The summed E-state index contributed by atoms with van der Waals surface area (Å²) < 4.78 is 0. The van der Waals surface area contributed by atoms with Crippen molar-refractivity contribution in [2.75, 3.05) is 26.2 Å². The minimum atomic E-state index is 0.496. The summed E-state index contributed by atoms with van der Waals surface area (Å²) in [5.74, 6) is 1.87. The number of piperidine rings is 2. The highest BCUT2D eigenvalue weighted by atomic mass is 14.9. The Balaban J connectivity index is 1.87. The van der Waals surface area contributed by atoms with Crippen LogP contribution in [0.2, 0.25) is 0 Å². The van der Waals surface area contributed by atoms with Crippen LogP contribution in [0.5, 0.6) is 0 Å². The van der Waals surface area contributed by atoms with Crippen LogP contribution in [-0.4, -0.2) is 26.2 Å². The highest BCUT2D eigenvalue weighted by molar-refractivity contribution is 4.88. The molecule has 118 valence electrons. The number of rotatable bonds is 5. The lowest BCUT2D eigenvalue weighted by molar-refractivity contribution is 0.0786. The van der Waals surface area contributed by atoms with Crippen LogP contribution in [0, 0.1) is 22.7 Å². The Morgan fingerprint density at radius 1 is 0.800 bits per heavy atom. The number of hydrogen-bond donors (Lipinski definition) is 2. The van der Waals surface area contributed by atoms with Crippen molar-refractivity contribution in [3.05, 3.63) is 0 Å². The summed E-state index contributed by atoms with van der Waals surface area (Å²) >= 11 is 0. The predicted octanol–water partition coefficient (Wildman–Crippen LogP) is 3.82. The zero-order chi connectivity index (χ0) is 14.6. The van der Waals surface area contributed by atoms with Gasteiger partial charge in [0.25, 0.3) is 0 Å². The third kappa shape index (κ3) is 4.73. The first-order valence-corrected chi connectivity index (χ1v) is 8.80. The van der Waals surface area contributed by atoms with Gasteiger partial charge in [0, 0.05) is 0 Å². The molecule has 2 aliphatic heterocycles. The standard InChI is InChI=1S/C18H36N2/c1-17(2,13-15-5-9-19-10-6-15)14-18(3,4)16-7-11-20-12-8-16/h15-16,19-20H,5-14H2,1-4H3. The zero-order valence-electron chi connectivity index (χ0n) is 14.2. The number of nitrogens with one attached hydrogen (secondary N) is 2. The van der Waals surface area contributed by atoms with Gasteiger partial charge in [-0.1, -0.05) is 27.7 Å². The van der Waals surface area contributed by atoms with E-state index in [4.69, 9.17) is 0 Å². The van der Waals surface area contributed by atoms with Crippen LogP contribution in [0.4, 0.5) is 0 Å². The zero-order valence-corrected chi connectivity index (χ0v) is 14.2. The fourth-order valence-corrected chi connectivity index (χ4v) is 4.92. The maximum absolute atomic E-state index is 3.51. The maximum atomic E-state index is 3.51. The Kier molecular flexibility index (Phi) is 5.53. The molecule has 0 atom stereocenters. The Bertz CT molecular complexity index is 284. The molecule has 2 aliphatic rings. The average molecular weight is 281 g/mol. The van der Waals surface area contributed by atoms with E-state index in [1.54, 1.807) is 0 Å². The minimum Gasteiger partial charge on any atom is -0.317 e. The first-order valence-electron chi connectivity index (χ1n) is 8.80. The first-order chi connectivity index (χ1) is 9.39. The lowest BCUT2D eigenvalue weighted by atomic mass is 9.63. The molecule has 2 heterocycles. The SMILES string of the molecule is CC(C)(CC1CCNCC1)CC(C)(C)C1CCNCC1. The van der Waals surface area contributed by atoms with Gasteiger partial charge in [-0.25, -0.2) is 0 Å². The summed E-state index contributed by atoms with van der Waals surface area (Å²) in [6, 6.07) is 0. The molecule has 0 spiro atoms. The van der Waals surface area contributed by atoms with E-state index in [1.807, 2.05) is 0 Å². The van der Waals surface area contributed by atoms with Gasteiger partial charge in [-0.15, -0.1) is 0 Å².